The lowest BCUT2D eigenvalue weighted by atomic mass is 10.2. The number of anilines is 2. The Morgan fingerprint density at radius 3 is 2.52 bits per heavy atom. The normalized spacial score (nSPS) is 10.9. The molecule has 0 aromatic heterocycles. The monoisotopic (exact) mass is 433 g/mol. The van der Waals surface area contributed by atoms with Gasteiger partial charge in [0.2, 0.25) is 0 Å². The molecule has 0 atom stereocenters. The Kier molecular flexibility index (Phi) is 4.61. The number of halogens is 2. The number of benzene rings is 2. The molecule has 5 nitrogen and oxygen atoms in total. The predicted octanol–water partition coefficient (Wildman–Crippen LogP) is 3.20. The van der Waals surface area contributed by atoms with Crippen LogP contribution >= 0.6 is 34.2 Å². The summed E-state index contributed by atoms with van der Waals surface area (Å²) in [7, 11) is -3.88. The highest BCUT2D eigenvalue weighted by Gasteiger charge is 2.19. The maximum atomic E-state index is 12.3. The number of nitrogens with one attached hydrogen (secondary N) is 1. The smallest absolute Gasteiger partial charge is 0.263 e. The zero-order valence-electron chi connectivity index (χ0n) is 10.5. The average molecular weight is 434 g/mol. The van der Waals surface area contributed by atoms with Crippen LogP contribution in [-0.4, -0.2) is 8.42 Å². The molecule has 0 aliphatic rings. The lowest BCUT2D eigenvalue weighted by Crippen LogP contribution is -2.15. The second kappa shape index (κ2) is 6.09. The van der Waals surface area contributed by atoms with Crippen LogP contribution in [0.3, 0.4) is 0 Å². The minimum Gasteiger partial charge on any atom is -0.398 e. The maximum Gasteiger partial charge on any atom is 0.263 e. The summed E-state index contributed by atoms with van der Waals surface area (Å²) in [5.41, 5.74) is 6.25. The molecule has 0 fully saturated rings. The molecule has 0 aliphatic carbocycles. The molecule has 2 aromatic carbocycles. The predicted molar refractivity (Wildman–Crippen MR) is 90.5 cm³/mol. The lowest BCUT2D eigenvalue weighted by molar-refractivity contribution is 0.601. The van der Waals surface area contributed by atoms with Crippen molar-refractivity contribution in [3.05, 3.63) is 50.6 Å². The molecular weight excluding hydrogens is 425 g/mol. The summed E-state index contributed by atoms with van der Waals surface area (Å²) in [5.74, 6) is 0. The van der Waals surface area contributed by atoms with E-state index in [1.807, 2.05) is 6.07 Å². The van der Waals surface area contributed by atoms with Crippen molar-refractivity contribution in [2.24, 2.45) is 0 Å². The van der Waals surface area contributed by atoms with Gasteiger partial charge in [0, 0.05) is 3.57 Å². The number of nitrogens with zero attached hydrogens (tertiary/aromatic N) is 1. The van der Waals surface area contributed by atoms with E-state index >= 15 is 0 Å². The fraction of sp³-hybridized carbons (Fsp3) is 0. The molecule has 8 heteroatoms. The quantitative estimate of drug-likeness (QED) is 0.574. The van der Waals surface area contributed by atoms with E-state index in [-0.39, 0.29) is 21.3 Å². The van der Waals surface area contributed by atoms with E-state index in [9.17, 15) is 8.42 Å². The van der Waals surface area contributed by atoms with Crippen molar-refractivity contribution >= 4 is 55.6 Å². The van der Waals surface area contributed by atoms with Crippen LogP contribution in [0.1, 0.15) is 5.56 Å². The molecule has 2 aromatic rings. The van der Waals surface area contributed by atoms with Crippen molar-refractivity contribution in [2.75, 3.05) is 10.5 Å². The van der Waals surface area contributed by atoms with E-state index in [0.29, 0.717) is 5.56 Å². The van der Waals surface area contributed by atoms with Crippen molar-refractivity contribution in [3.8, 4) is 6.07 Å². The molecule has 2 rings (SSSR count). The summed E-state index contributed by atoms with van der Waals surface area (Å²) < 4.78 is 27.9. The van der Waals surface area contributed by atoms with E-state index in [2.05, 4.69) is 27.3 Å². The molecule has 0 unspecified atom stereocenters. The van der Waals surface area contributed by atoms with Gasteiger partial charge in [0.1, 0.15) is 4.90 Å². The standard InChI is InChI=1S/C13H9ClIN3O2S/c14-10-6-9(15)2-3-12(10)18-21(19,20)13-4-1-8(7-16)5-11(13)17/h1-6,18H,17H2. The molecule has 108 valence electrons. The SMILES string of the molecule is N#Cc1ccc(S(=O)(=O)Nc2ccc(I)cc2Cl)c(N)c1. The minimum absolute atomic E-state index is 0.00295. The van der Waals surface area contributed by atoms with Crippen molar-refractivity contribution < 1.29 is 8.42 Å². The zero-order chi connectivity index (χ0) is 15.6. The van der Waals surface area contributed by atoms with Gasteiger partial charge in [-0.15, -0.1) is 0 Å². The van der Waals surface area contributed by atoms with Gasteiger partial charge in [-0.2, -0.15) is 5.26 Å². The molecule has 3 N–H and O–H groups in total. The summed E-state index contributed by atoms with van der Waals surface area (Å²) in [6.07, 6.45) is 0. The number of sulfonamides is 1. The lowest BCUT2D eigenvalue weighted by Gasteiger charge is -2.11. The number of nitriles is 1. The fourth-order valence-electron chi connectivity index (χ4n) is 1.63. The highest BCUT2D eigenvalue weighted by Crippen LogP contribution is 2.28. The van der Waals surface area contributed by atoms with Gasteiger partial charge in [0.25, 0.3) is 10.0 Å². The Labute approximate surface area is 140 Å². The van der Waals surface area contributed by atoms with Crippen LogP contribution in [0.5, 0.6) is 0 Å². The van der Waals surface area contributed by atoms with Gasteiger partial charge in [-0.05, 0) is 59.0 Å². The Morgan fingerprint density at radius 2 is 1.95 bits per heavy atom. The first-order valence-electron chi connectivity index (χ1n) is 5.61. The number of hydrogen-bond donors (Lipinski definition) is 2. The van der Waals surface area contributed by atoms with Crippen molar-refractivity contribution in [2.45, 2.75) is 4.90 Å². The number of nitrogen functional groups attached to an aromatic ring is 1. The molecular formula is C13H9ClIN3O2S. The Hall–Kier alpha value is -1.50. The molecule has 0 aliphatic heterocycles. The summed E-state index contributed by atoms with van der Waals surface area (Å²) in [6, 6.07) is 10.8. The van der Waals surface area contributed by atoms with E-state index in [1.54, 1.807) is 18.2 Å². The van der Waals surface area contributed by atoms with Crippen LogP contribution in [0.25, 0.3) is 0 Å². The second-order valence-electron chi connectivity index (χ2n) is 4.09. The number of rotatable bonds is 3. The van der Waals surface area contributed by atoms with Crippen LogP contribution in [0.15, 0.2) is 41.3 Å². The fourth-order valence-corrected chi connectivity index (χ4v) is 3.79. The summed E-state index contributed by atoms with van der Waals surface area (Å²) in [5, 5.41) is 9.05. The Morgan fingerprint density at radius 1 is 1.24 bits per heavy atom. The van der Waals surface area contributed by atoms with Crippen LogP contribution in [-0.2, 0) is 10.0 Å². The van der Waals surface area contributed by atoms with Gasteiger partial charge in [-0.25, -0.2) is 8.42 Å². The molecule has 21 heavy (non-hydrogen) atoms. The van der Waals surface area contributed by atoms with Crippen LogP contribution in [0.4, 0.5) is 11.4 Å². The zero-order valence-corrected chi connectivity index (χ0v) is 14.2. The van der Waals surface area contributed by atoms with E-state index in [1.165, 1.54) is 18.2 Å². The topological polar surface area (TPSA) is 96.0 Å². The Bertz CT molecular complexity index is 847. The van der Waals surface area contributed by atoms with Gasteiger partial charge in [0.05, 0.1) is 28.0 Å². The molecule has 0 amide bonds. The van der Waals surface area contributed by atoms with Crippen LogP contribution in [0, 0.1) is 14.9 Å². The molecule has 0 saturated carbocycles. The number of nitrogens with two attached hydrogens (primary N) is 1. The minimum atomic E-state index is -3.88. The van der Waals surface area contributed by atoms with Gasteiger partial charge in [-0.1, -0.05) is 11.6 Å². The first kappa shape index (κ1) is 15.9. The molecule has 0 saturated heterocycles. The van der Waals surface area contributed by atoms with Crippen LogP contribution < -0.4 is 10.5 Å². The third-order valence-corrected chi connectivity index (χ3v) is 5.03. The van der Waals surface area contributed by atoms with Gasteiger partial charge < -0.3 is 5.73 Å². The number of hydrogen-bond acceptors (Lipinski definition) is 4. The third kappa shape index (κ3) is 3.58. The third-order valence-electron chi connectivity index (χ3n) is 2.60. The van der Waals surface area contributed by atoms with Gasteiger partial charge in [-0.3, -0.25) is 4.72 Å². The molecule has 0 spiro atoms. The van der Waals surface area contributed by atoms with E-state index < -0.39 is 10.0 Å². The van der Waals surface area contributed by atoms with E-state index in [4.69, 9.17) is 22.6 Å². The molecule has 0 heterocycles. The van der Waals surface area contributed by atoms with Crippen molar-refractivity contribution in [1.82, 2.24) is 0 Å². The second-order valence-corrected chi connectivity index (χ2v) is 7.40. The highest BCUT2D eigenvalue weighted by molar-refractivity contribution is 14.1. The van der Waals surface area contributed by atoms with E-state index in [0.717, 1.165) is 3.57 Å². The maximum absolute atomic E-state index is 12.3. The van der Waals surface area contributed by atoms with Crippen molar-refractivity contribution in [1.29, 1.82) is 5.26 Å². The summed E-state index contributed by atoms with van der Waals surface area (Å²) in [6.45, 7) is 0. The van der Waals surface area contributed by atoms with Crippen molar-refractivity contribution in [3.63, 3.8) is 0 Å². The van der Waals surface area contributed by atoms with Gasteiger partial charge in [0.15, 0.2) is 0 Å². The molecule has 0 radical (unpaired) electrons. The summed E-state index contributed by atoms with van der Waals surface area (Å²) in [4.78, 5) is -0.101. The highest BCUT2D eigenvalue weighted by atomic mass is 127. The first-order chi connectivity index (χ1) is 9.83. The molecule has 0 bridgehead atoms. The van der Waals surface area contributed by atoms with Gasteiger partial charge >= 0.3 is 0 Å². The average Bonchev–Trinajstić information content (AvgIpc) is 2.41. The van der Waals surface area contributed by atoms with Crippen LogP contribution in [0.2, 0.25) is 5.02 Å². The summed E-state index contributed by atoms with van der Waals surface area (Å²) >= 11 is 8.08. The Balaban J connectivity index is 2.41. The first-order valence-corrected chi connectivity index (χ1v) is 8.55. The largest absolute Gasteiger partial charge is 0.398 e.